The molecule has 1 aliphatic heterocycles. The van der Waals surface area contributed by atoms with E-state index in [0.29, 0.717) is 24.4 Å². The first-order chi connectivity index (χ1) is 10.0. The Morgan fingerprint density at radius 1 is 1.62 bits per heavy atom. The molecule has 1 aromatic heterocycles. The zero-order valence-corrected chi connectivity index (χ0v) is 12.4. The molecule has 2 unspecified atom stereocenters. The van der Waals surface area contributed by atoms with Gasteiger partial charge in [-0.15, -0.1) is 11.3 Å². The van der Waals surface area contributed by atoms with E-state index in [1.165, 1.54) is 16.2 Å². The number of carboxylic acids is 1. The van der Waals surface area contributed by atoms with Gasteiger partial charge in [-0.05, 0) is 17.9 Å². The maximum Gasteiger partial charge on any atom is 0.331 e. The fraction of sp³-hybridized carbons (Fsp3) is 0.462. The number of urea groups is 1. The Hall–Kier alpha value is -2.09. The highest BCUT2D eigenvalue weighted by molar-refractivity contribution is 7.10. The Bertz CT molecular complexity index is 532. The second-order valence-corrected chi connectivity index (χ2v) is 5.62. The van der Waals surface area contributed by atoms with Crippen molar-refractivity contribution in [2.45, 2.75) is 25.4 Å². The van der Waals surface area contributed by atoms with Crippen LogP contribution in [0.1, 0.15) is 24.3 Å². The molecule has 1 aliphatic rings. The molecule has 114 valence electrons. The van der Waals surface area contributed by atoms with Crippen molar-refractivity contribution in [3.05, 3.63) is 22.4 Å². The SMILES string of the molecule is CCC1C(=O)NCCN1C(=O)NC(C(=O)O)c1cccs1. The molecule has 2 atom stereocenters. The van der Waals surface area contributed by atoms with Crippen LogP contribution in [0.15, 0.2) is 17.5 Å². The van der Waals surface area contributed by atoms with Crippen LogP contribution in [0.25, 0.3) is 0 Å². The third-order valence-corrected chi connectivity index (χ3v) is 4.26. The molecular formula is C13H17N3O4S. The quantitative estimate of drug-likeness (QED) is 0.765. The summed E-state index contributed by atoms with van der Waals surface area (Å²) in [5.41, 5.74) is 0. The zero-order valence-electron chi connectivity index (χ0n) is 11.5. The van der Waals surface area contributed by atoms with Crippen molar-refractivity contribution >= 4 is 29.2 Å². The normalized spacial score (nSPS) is 19.8. The number of piperazine rings is 1. The molecule has 0 aromatic carbocycles. The molecule has 0 bridgehead atoms. The van der Waals surface area contributed by atoms with Crippen LogP contribution in [0.2, 0.25) is 0 Å². The van der Waals surface area contributed by atoms with Crippen LogP contribution in [0.4, 0.5) is 4.79 Å². The number of nitrogens with one attached hydrogen (secondary N) is 2. The van der Waals surface area contributed by atoms with E-state index in [0.717, 1.165) is 0 Å². The Morgan fingerprint density at radius 2 is 2.38 bits per heavy atom. The van der Waals surface area contributed by atoms with E-state index in [4.69, 9.17) is 0 Å². The minimum Gasteiger partial charge on any atom is -0.479 e. The van der Waals surface area contributed by atoms with Crippen molar-refractivity contribution in [1.29, 1.82) is 0 Å². The molecule has 1 fully saturated rings. The van der Waals surface area contributed by atoms with Gasteiger partial charge in [0.25, 0.3) is 0 Å². The van der Waals surface area contributed by atoms with Gasteiger partial charge in [0.05, 0.1) is 0 Å². The van der Waals surface area contributed by atoms with Crippen molar-refractivity contribution < 1.29 is 19.5 Å². The molecule has 2 rings (SSSR count). The number of nitrogens with zero attached hydrogens (tertiary/aromatic N) is 1. The standard InChI is InChI=1S/C13H17N3O4S/c1-2-8-11(17)14-5-6-16(8)13(20)15-10(12(18)19)9-4-3-7-21-9/h3-4,7-8,10H,2,5-6H2,1H3,(H,14,17)(H,15,20)(H,18,19). The van der Waals surface area contributed by atoms with E-state index in [2.05, 4.69) is 10.6 Å². The lowest BCUT2D eigenvalue weighted by molar-refractivity contribution is -0.139. The van der Waals surface area contributed by atoms with Crippen molar-refractivity contribution in [2.24, 2.45) is 0 Å². The fourth-order valence-corrected chi connectivity index (χ4v) is 3.05. The summed E-state index contributed by atoms with van der Waals surface area (Å²) in [6, 6.07) is 1.20. The highest BCUT2D eigenvalue weighted by Gasteiger charge is 2.34. The molecule has 0 radical (unpaired) electrons. The number of hydrogen-bond acceptors (Lipinski definition) is 4. The van der Waals surface area contributed by atoms with Gasteiger partial charge >= 0.3 is 12.0 Å². The van der Waals surface area contributed by atoms with Crippen molar-refractivity contribution in [2.75, 3.05) is 13.1 Å². The molecule has 2 heterocycles. The largest absolute Gasteiger partial charge is 0.479 e. The first kappa shape index (κ1) is 15.3. The topological polar surface area (TPSA) is 98.7 Å². The first-order valence-electron chi connectivity index (χ1n) is 6.65. The first-order valence-corrected chi connectivity index (χ1v) is 7.53. The van der Waals surface area contributed by atoms with E-state index >= 15 is 0 Å². The molecule has 3 N–H and O–H groups in total. The molecule has 0 saturated carbocycles. The van der Waals surface area contributed by atoms with E-state index in [-0.39, 0.29) is 5.91 Å². The maximum atomic E-state index is 12.3. The molecule has 1 saturated heterocycles. The summed E-state index contributed by atoms with van der Waals surface area (Å²) in [5.74, 6) is -1.33. The lowest BCUT2D eigenvalue weighted by Crippen LogP contribution is -2.59. The molecule has 7 nitrogen and oxygen atoms in total. The van der Waals surface area contributed by atoms with Gasteiger partial charge in [0.2, 0.25) is 5.91 Å². The molecule has 0 spiro atoms. The van der Waals surface area contributed by atoms with E-state index in [1.54, 1.807) is 17.5 Å². The molecule has 21 heavy (non-hydrogen) atoms. The van der Waals surface area contributed by atoms with E-state index in [9.17, 15) is 19.5 Å². The summed E-state index contributed by atoms with van der Waals surface area (Å²) < 4.78 is 0. The van der Waals surface area contributed by atoms with E-state index < -0.39 is 24.1 Å². The van der Waals surface area contributed by atoms with Gasteiger partial charge in [-0.1, -0.05) is 13.0 Å². The highest BCUT2D eigenvalue weighted by atomic mass is 32.1. The molecule has 3 amide bonds. The lowest BCUT2D eigenvalue weighted by atomic mass is 10.1. The summed E-state index contributed by atoms with van der Waals surface area (Å²) >= 11 is 1.26. The van der Waals surface area contributed by atoms with Gasteiger partial charge in [-0.3, -0.25) is 4.79 Å². The highest BCUT2D eigenvalue weighted by Crippen LogP contribution is 2.20. The predicted molar refractivity (Wildman–Crippen MR) is 77.0 cm³/mol. The minimum atomic E-state index is -1.12. The van der Waals surface area contributed by atoms with Gasteiger partial charge in [0.15, 0.2) is 6.04 Å². The van der Waals surface area contributed by atoms with E-state index in [1.807, 2.05) is 6.92 Å². The average molecular weight is 311 g/mol. The summed E-state index contributed by atoms with van der Waals surface area (Å²) in [4.78, 5) is 37.3. The molecule has 1 aromatic rings. The second-order valence-electron chi connectivity index (χ2n) is 4.64. The van der Waals surface area contributed by atoms with Crippen LogP contribution in [-0.4, -0.2) is 47.0 Å². The zero-order chi connectivity index (χ0) is 15.4. The van der Waals surface area contributed by atoms with Crippen LogP contribution in [-0.2, 0) is 9.59 Å². The average Bonchev–Trinajstić information content (AvgIpc) is 2.97. The maximum absolute atomic E-state index is 12.3. The lowest BCUT2D eigenvalue weighted by Gasteiger charge is -2.35. The summed E-state index contributed by atoms with van der Waals surface area (Å²) in [5, 5.41) is 16.2. The number of carboxylic acid groups (broad SMARTS) is 1. The number of carbonyl (C=O) groups excluding carboxylic acids is 2. The predicted octanol–water partition coefficient (Wildman–Crippen LogP) is 0.794. The van der Waals surface area contributed by atoms with Crippen LogP contribution < -0.4 is 10.6 Å². The van der Waals surface area contributed by atoms with Crippen LogP contribution in [0.5, 0.6) is 0 Å². The summed E-state index contributed by atoms with van der Waals surface area (Å²) in [6.45, 7) is 2.55. The third kappa shape index (κ3) is 3.33. The van der Waals surface area contributed by atoms with Gasteiger partial charge in [-0.25, -0.2) is 9.59 Å². The summed E-state index contributed by atoms with van der Waals surface area (Å²) in [7, 11) is 0. The van der Waals surface area contributed by atoms with Crippen LogP contribution in [0, 0.1) is 0 Å². The number of rotatable bonds is 4. The molecular weight excluding hydrogens is 294 g/mol. The van der Waals surface area contributed by atoms with Crippen LogP contribution >= 0.6 is 11.3 Å². The Labute approximate surface area is 125 Å². The number of carbonyl (C=O) groups is 3. The second kappa shape index (κ2) is 6.57. The smallest absolute Gasteiger partial charge is 0.331 e. The molecule has 0 aliphatic carbocycles. The van der Waals surface area contributed by atoms with Crippen molar-refractivity contribution in [1.82, 2.24) is 15.5 Å². The summed E-state index contributed by atoms with van der Waals surface area (Å²) in [6.07, 6.45) is 0.482. The Kier molecular flexibility index (Phi) is 4.79. The monoisotopic (exact) mass is 311 g/mol. The fourth-order valence-electron chi connectivity index (χ4n) is 2.28. The number of aliphatic carboxylic acids is 1. The van der Waals surface area contributed by atoms with Gasteiger partial charge in [-0.2, -0.15) is 0 Å². The van der Waals surface area contributed by atoms with Crippen molar-refractivity contribution in [3.63, 3.8) is 0 Å². The minimum absolute atomic E-state index is 0.207. The number of amides is 3. The number of hydrogen-bond donors (Lipinski definition) is 3. The molecule has 8 heteroatoms. The Morgan fingerprint density at radius 3 is 2.95 bits per heavy atom. The Balaban J connectivity index is 2.11. The number of thiophene rings is 1. The van der Waals surface area contributed by atoms with Crippen molar-refractivity contribution in [3.8, 4) is 0 Å². The van der Waals surface area contributed by atoms with Gasteiger partial charge < -0.3 is 20.6 Å². The van der Waals surface area contributed by atoms with Gasteiger partial charge in [0.1, 0.15) is 6.04 Å². The van der Waals surface area contributed by atoms with Gasteiger partial charge in [0, 0.05) is 18.0 Å². The third-order valence-electron chi connectivity index (χ3n) is 3.32. The van der Waals surface area contributed by atoms with Crippen LogP contribution in [0.3, 0.4) is 0 Å².